The van der Waals surface area contributed by atoms with Crippen LogP contribution in [0.2, 0.25) is 5.02 Å². The van der Waals surface area contributed by atoms with Gasteiger partial charge in [0.15, 0.2) is 5.82 Å². The number of nitrogens with zero attached hydrogens (tertiary/aromatic N) is 1. The third kappa shape index (κ3) is 5.04. The molecule has 1 N–H and O–H groups in total. The number of carbonyl (C=O) groups is 2. The van der Waals surface area contributed by atoms with Gasteiger partial charge in [0.2, 0.25) is 11.8 Å². The van der Waals surface area contributed by atoms with Crippen LogP contribution in [0.25, 0.3) is 11.1 Å². The van der Waals surface area contributed by atoms with Gasteiger partial charge in [-0.1, -0.05) is 54.1 Å². The zero-order valence-electron chi connectivity index (χ0n) is 18.4. The Hall–Kier alpha value is -3.45. The Balaban J connectivity index is 1.52. The fourth-order valence-corrected chi connectivity index (χ4v) is 4.34. The standard InChI is InChI=1S/C26H23ClF2N2O3/c1-34-18-7-4-6-16(12-18)13-24(32)31-15-17(28)14-23(31)26(33)30-22-11-5-9-20(25(22)29)19-8-2-3-10-21(19)27/h2-12,17,23H,13-15H2,1H3,(H,30,33)/t17-,23+/m1/s1. The van der Waals surface area contributed by atoms with Crippen LogP contribution in [0.4, 0.5) is 14.5 Å². The summed E-state index contributed by atoms with van der Waals surface area (Å²) in [6, 6.07) is 17.3. The number of hydrogen-bond donors (Lipinski definition) is 1. The molecule has 3 aromatic rings. The molecule has 0 spiro atoms. The summed E-state index contributed by atoms with van der Waals surface area (Å²) in [7, 11) is 1.52. The molecular formula is C26H23ClF2N2O3. The molecule has 34 heavy (non-hydrogen) atoms. The van der Waals surface area contributed by atoms with Crippen molar-refractivity contribution >= 4 is 29.1 Å². The predicted octanol–water partition coefficient (Wildman–Crippen LogP) is 5.27. The second kappa shape index (κ2) is 10.2. The Morgan fingerprint density at radius 3 is 2.59 bits per heavy atom. The number of likely N-dealkylation sites (tertiary alicyclic amines) is 1. The van der Waals surface area contributed by atoms with Crippen LogP contribution < -0.4 is 10.1 Å². The van der Waals surface area contributed by atoms with Gasteiger partial charge >= 0.3 is 0 Å². The van der Waals surface area contributed by atoms with Crippen LogP contribution in [0.1, 0.15) is 12.0 Å². The Labute approximate surface area is 201 Å². The average Bonchev–Trinajstić information content (AvgIpc) is 3.23. The molecule has 4 rings (SSSR count). The van der Waals surface area contributed by atoms with Crippen LogP contribution in [-0.2, 0) is 16.0 Å². The van der Waals surface area contributed by atoms with Gasteiger partial charge in [-0.2, -0.15) is 0 Å². The Kier molecular flexibility index (Phi) is 7.12. The molecule has 2 amide bonds. The van der Waals surface area contributed by atoms with Crippen molar-refractivity contribution in [2.75, 3.05) is 19.0 Å². The second-order valence-corrected chi connectivity index (χ2v) is 8.47. The largest absolute Gasteiger partial charge is 0.497 e. The molecule has 0 bridgehead atoms. The number of alkyl halides is 1. The molecule has 2 atom stereocenters. The first-order valence-corrected chi connectivity index (χ1v) is 11.2. The van der Waals surface area contributed by atoms with E-state index >= 15 is 4.39 Å². The SMILES string of the molecule is COc1cccc(CC(=O)N2C[C@H](F)C[C@H]2C(=O)Nc2cccc(-c3ccccc3Cl)c2F)c1. The summed E-state index contributed by atoms with van der Waals surface area (Å²) in [4.78, 5) is 27.1. The zero-order chi connectivity index (χ0) is 24.2. The maximum Gasteiger partial charge on any atom is 0.247 e. The smallest absolute Gasteiger partial charge is 0.247 e. The molecule has 0 saturated carbocycles. The van der Waals surface area contributed by atoms with Crippen molar-refractivity contribution in [1.29, 1.82) is 0 Å². The fraction of sp³-hybridized carbons (Fsp3) is 0.231. The highest BCUT2D eigenvalue weighted by atomic mass is 35.5. The summed E-state index contributed by atoms with van der Waals surface area (Å²) in [5, 5.41) is 2.90. The molecule has 1 aliphatic heterocycles. The lowest BCUT2D eigenvalue weighted by atomic mass is 10.0. The first kappa shape index (κ1) is 23.7. The van der Waals surface area contributed by atoms with Crippen molar-refractivity contribution < 1.29 is 23.1 Å². The van der Waals surface area contributed by atoms with Crippen molar-refractivity contribution in [3.8, 4) is 16.9 Å². The quantitative estimate of drug-likeness (QED) is 0.518. The van der Waals surface area contributed by atoms with Gasteiger partial charge in [-0.05, 0) is 29.8 Å². The minimum Gasteiger partial charge on any atom is -0.497 e. The molecule has 176 valence electrons. The third-order valence-corrected chi connectivity index (χ3v) is 6.11. The number of benzene rings is 3. The molecule has 5 nitrogen and oxygen atoms in total. The van der Waals surface area contributed by atoms with Crippen LogP contribution in [0, 0.1) is 5.82 Å². The molecule has 1 saturated heterocycles. The van der Waals surface area contributed by atoms with Crippen molar-refractivity contribution in [3.63, 3.8) is 0 Å². The molecule has 0 aliphatic carbocycles. The number of nitrogens with one attached hydrogen (secondary N) is 1. The number of ether oxygens (including phenoxy) is 1. The van der Waals surface area contributed by atoms with E-state index in [1.807, 2.05) is 0 Å². The van der Waals surface area contributed by atoms with Crippen molar-refractivity contribution in [2.24, 2.45) is 0 Å². The lowest BCUT2D eigenvalue weighted by molar-refractivity contribution is -0.136. The van der Waals surface area contributed by atoms with Gasteiger partial charge in [-0.25, -0.2) is 8.78 Å². The van der Waals surface area contributed by atoms with Crippen molar-refractivity contribution in [2.45, 2.75) is 25.1 Å². The zero-order valence-corrected chi connectivity index (χ0v) is 19.2. The van der Waals surface area contributed by atoms with Gasteiger partial charge in [0.05, 0.1) is 25.8 Å². The normalized spacial score (nSPS) is 17.5. The molecule has 1 heterocycles. The van der Waals surface area contributed by atoms with E-state index in [1.165, 1.54) is 18.1 Å². The Bertz CT molecular complexity index is 1220. The maximum absolute atomic E-state index is 15.2. The van der Waals surface area contributed by atoms with Crippen molar-refractivity contribution in [3.05, 3.63) is 83.1 Å². The monoisotopic (exact) mass is 484 g/mol. The summed E-state index contributed by atoms with van der Waals surface area (Å²) >= 11 is 6.20. The molecule has 1 aliphatic rings. The highest BCUT2D eigenvalue weighted by Crippen LogP contribution is 2.33. The van der Waals surface area contributed by atoms with Gasteiger partial charge in [-0.15, -0.1) is 0 Å². The number of carbonyl (C=O) groups excluding carboxylic acids is 2. The summed E-state index contributed by atoms with van der Waals surface area (Å²) in [6.45, 7) is -0.191. The van der Waals surface area contributed by atoms with E-state index < -0.39 is 23.9 Å². The number of methoxy groups -OCH3 is 1. The predicted molar refractivity (Wildman–Crippen MR) is 127 cm³/mol. The van der Waals surface area contributed by atoms with Crippen LogP contribution in [0.5, 0.6) is 5.75 Å². The third-order valence-electron chi connectivity index (χ3n) is 5.78. The minimum atomic E-state index is -1.34. The highest BCUT2D eigenvalue weighted by Gasteiger charge is 2.40. The van der Waals surface area contributed by atoms with E-state index in [1.54, 1.807) is 60.7 Å². The van der Waals surface area contributed by atoms with Gasteiger partial charge in [0, 0.05) is 22.6 Å². The molecule has 8 heteroatoms. The Morgan fingerprint density at radius 1 is 1.09 bits per heavy atom. The highest BCUT2D eigenvalue weighted by molar-refractivity contribution is 6.33. The lowest BCUT2D eigenvalue weighted by Gasteiger charge is -2.24. The lowest BCUT2D eigenvalue weighted by Crippen LogP contribution is -2.44. The van der Waals surface area contributed by atoms with Crippen LogP contribution >= 0.6 is 11.6 Å². The summed E-state index contributed by atoms with van der Waals surface area (Å²) in [6.07, 6.45) is -1.50. The summed E-state index contributed by atoms with van der Waals surface area (Å²) in [5.74, 6) is -1.10. The molecule has 1 fully saturated rings. The van der Waals surface area contributed by atoms with Gasteiger partial charge in [0.25, 0.3) is 0 Å². The maximum atomic E-state index is 15.2. The van der Waals surface area contributed by atoms with Crippen molar-refractivity contribution in [1.82, 2.24) is 4.90 Å². The number of anilines is 1. The van der Waals surface area contributed by atoms with E-state index in [2.05, 4.69) is 5.32 Å². The number of amides is 2. The van der Waals surface area contributed by atoms with E-state index in [0.717, 1.165) is 0 Å². The van der Waals surface area contributed by atoms with Crippen LogP contribution in [0.3, 0.4) is 0 Å². The van der Waals surface area contributed by atoms with Gasteiger partial charge in [0.1, 0.15) is 18.0 Å². The summed E-state index contributed by atoms with van der Waals surface area (Å²) in [5.41, 5.74) is 1.33. The number of halogens is 3. The first-order chi connectivity index (χ1) is 16.4. The van der Waals surface area contributed by atoms with E-state index in [-0.39, 0.29) is 36.5 Å². The number of rotatable bonds is 6. The van der Waals surface area contributed by atoms with Gasteiger partial charge in [-0.3, -0.25) is 9.59 Å². The Morgan fingerprint density at radius 2 is 1.82 bits per heavy atom. The second-order valence-electron chi connectivity index (χ2n) is 8.06. The molecule has 3 aromatic carbocycles. The number of hydrogen-bond acceptors (Lipinski definition) is 3. The van der Waals surface area contributed by atoms with Crippen LogP contribution in [0.15, 0.2) is 66.7 Å². The molecule has 0 radical (unpaired) electrons. The van der Waals surface area contributed by atoms with E-state index in [0.29, 0.717) is 21.9 Å². The van der Waals surface area contributed by atoms with Crippen LogP contribution in [-0.4, -0.2) is 42.6 Å². The van der Waals surface area contributed by atoms with Gasteiger partial charge < -0.3 is 15.0 Å². The summed E-state index contributed by atoms with van der Waals surface area (Å²) < 4.78 is 34.7. The minimum absolute atomic E-state index is 0.00987. The molecule has 0 unspecified atom stereocenters. The van der Waals surface area contributed by atoms with E-state index in [9.17, 15) is 14.0 Å². The topological polar surface area (TPSA) is 58.6 Å². The molecule has 0 aromatic heterocycles. The average molecular weight is 485 g/mol. The first-order valence-electron chi connectivity index (χ1n) is 10.8. The molecular weight excluding hydrogens is 462 g/mol. The fourth-order valence-electron chi connectivity index (χ4n) is 4.10. The van der Waals surface area contributed by atoms with E-state index in [4.69, 9.17) is 16.3 Å².